The van der Waals surface area contributed by atoms with E-state index >= 15 is 0 Å². The van der Waals surface area contributed by atoms with E-state index in [-0.39, 0.29) is 5.41 Å². The van der Waals surface area contributed by atoms with E-state index < -0.39 is 0 Å². The highest BCUT2D eigenvalue weighted by Gasteiger charge is 2.15. The minimum atomic E-state index is 0.224. The van der Waals surface area contributed by atoms with Crippen LogP contribution < -0.4 is 5.32 Å². The molecule has 0 amide bonds. The number of benzene rings is 1. The lowest BCUT2D eigenvalue weighted by Gasteiger charge is -2.15. The minimum absolute atomic E-state index is 0.224. The average molecular weight is 284 g/mol. The number of hydrogen-bond donors (Lipinski definition) is 1. The van der Waals surface area contributed by atoms with Crippen LogP contribution in [0.25, 0.3) is 0 Å². The average Bonchev–Trinajstić information content (AvgIpc) is 2.87. The summed E-state index contributed by atoms with van der Waals surface area (Å²) in [7, 11) is 0. The molecule has 2 nitrogen and oxygen atoms in total. The second-order valence-corrected chi connectivity index (χ2v) is 7.07. The molecule has 0 bridgehead atoms. The number of anilines is 1. The van der Waals surface area contributed by atoms with Crippen LogP contribution in [0.5, 0.6) is 0 Å². The van der Waals surface area contributed by atoms with Crippen molar-refractivity contribution < 1.29 is 0 Å². The molecule has 104 valence electrons. The zero-order valence-electron chi connectivity index (χ0n) is 12.2. The van der Waals surface area contributed by atoms with Crippen molar-refractivity contribution in [2.45, 2.75) is 39.2 Å². The van der Waals surface area contributed by atoms with Gasteiger partial charge in [0, 0.05) is 22.0 Å². The molecule has 2 aromatic rings. The highest BCUT2D eigenvalue weighted by Crippen LogP contribution is 2.29. The van der Waals surface area contributed by atoms with E-state index in [1.807, 2.05) is 35.6 Å². The first-order valence-electron chi connectivity index (χ1n) is 6.78. The molecule has 0 aliphatic heterocycles. The molecule has 0 aliphatic rings. The van der Waals surface area contributed by atoms with Crippen LogP contribution in [0.3, 0.4) is 0 Å². The van der Waals surface area contributed by atoms with E-state index in [2.05, 4.69) is 44.3 Å². The molecule has 0 radical (unpaired) electrons. The van der Waals surface area contributed by atoms with Gasteiger partial charge in [0.25, 0.3) is 0 Å². The Morgan fingerprint density at radius 3 is 2.35 bits per heavy atom. The Morgan fingerprint density at radius 2 is 1.80 bits per heavy atom. The van der Waals surface area contributed by atoms with Crippen LogP contribution >= 0.6 is 11.3 Å². The SMILES string of the molecule is CC(C)(C)c1ccc(CNc2ccc(CC#N)cc2)s1. The molecular formula is C17H20N2S. The van der Waals surface area contributed by atoms with E-state index in [0.717, 1.165) is 17.8 Å². The van der Waals surface area contributed by atoms with Gasteiger partial charge in [-0.2, -0.15) is 5.26 Å². The van der Waals surface area contributed by atoms with Gasteiger partial charge in [0.1, 0.15) is 0 Å². The van der Waals surface area contributed by atoms with Gasteiger partial charge < -0.3 is 5.32 Å². The summed E-state index contributed by atoms with van der Waals surface area (Å²) in [6.45, 7) is 7.57. The molecule has 0 saturated heterocycles. The summed E-state index contributed by atoms with van der Waals surface area (Å²) in [6, 6.07) is 14.6. The third kappa shape index (κ3) is 3.85. The fourth-order valence-corrected chi connectivity index (χ4v) is 2.90. The molecule has 0 aliphatic carbocycles. The molecule has 1 heterocycles. The van der Waals surface area contributed by atoms with Crippen LogP contribution in [0, 0.1) is 11.3 Å². The summed E-state index contributed by atoms with van der Waals surface area (Å²) in [5.74, 6) is 0. The van der Waals surface area contributed by atoms with Crippen molar-refractivity contribution >= 4 is 17.0 Å². The molecule has 0 unspecified atom stereocenters. The lowest BCUT2D eigenvalue weighted by atomic mass is 9.95. The largest absolute Gasteiger partial charge is 0.380 e. The Labute approximate surface area is 125 Å². The molecule has 0 saturated carbocycles. The summed E-state index contributed by atoms with van der Waals surface area (Å²) < 4.78 is 0. The monoisotopic (exact) mass is 284 g/mol. The highest BCUT2D eigenvalue weighted by molar-refractivity contribution is 7.12. The molecule has 3 heteroatoms. The van der Waals surface area contributed by atoms with Gasteiger partial charge in [0.2, 0.25) is 0 Å². The quantitative estimate of drug-likeness (QED) is 0.881. The summed E-state index contributed by atoms with van der Waals surface area (Å²) >= 11 is 1.86. The maximum absolute atomic E-state index is 8.64. The number of rotatable bonds is 4. The first-order chi connectivity index (χ1) is 9.49. The van der Waals surface area contributed by atoms with Gasteiger partial charge in [-0.15, -0.1) is 11.3 Å². The Hall–Kier alpha value is -1.79. The van der Waals surface area contributed by atoms with E-state index in [4.69, 9.17) is 5.26 Å². The van der Waals surface area contributed by atoms with Gasteiger partial charge in [0.15, 0.2) is 0 Å². The van der Waals surface area contributed by atoms with E-state index in [0.29, 0.717) is 6.42 Å². The number of nitriles is 1. The number of hydrogen-bond acceptors (Lipinski definition) is 3. The van der Waals surface area contributed by atoms with Gasteiger partial charge >= 0.3 is 0 Å². The summed E-state index contributed by atoms with van der Waals surface area (Å²) in [5, 5.41) is 12.1. The molecule has 1 aromatic carbocycles. The fraction of sp³-hybridized carbons (Fsp3) is 0.353. The standard InChI is InChI=1S/C17H20N2S/c1-17(2,3)16-9-8-15(20-16)12-19-14-6-4-13(5-7-14)10-11-18/h4-9,19H,10,12H2,1-3H3. The summed E-state index contributed by atoms with van der Waals surface area (Å²) in [4.78, 5) is 2.76. The van der Waals surface area contributed by atoms with Gasteiger partial charge in [0.05, 0.1) is 12.5 Å². The van der Waals surface area contributed by atoms with Crippen molar-refractivity contribution in [3.05, 3.63) is 51.7 Å². The fourth-order valence-electron chi connectivity index (χ4n) is 1.90. The molecular weight excluding hydrogens is 264 g/mol. The van der Waals surface area contributed by atoms with Crippen LogP contribution in [-0.4, -0.2) is 0 Å². The Kier molecular flexibility index (Phi) is 4.46. The minimum Gasteiger partial charge on any atom is -0.380 e. The van der Waals surface area contributed by atoms with Crippen LogP contribution in [0.15, 0.2) is 36.4 Å². The van der Waals surface area contributed by atoms with Crippen LogP contribution in [-0.2, 0) is 18.4 Å². The molecule has 1 aromatic heterocycles. The first-order valence-corrected chi connectivity index (χ1v) is 7.59. The molecule has 1 N–H and O–H groups in total. The molecule has 2 rings (SSSR count). The number of thiophene rings is 1. The van der Waals surface area contributed by atoms with E-state index in [1.165, 1.54) is 9.75 Å². The lowest BCUT2D eigenvalue weighted by Crippen LogP contribution is -2.07. The predicted molar refractivity (Wildman–Crippen MR) is 86.1 cm³/mol. The molecule has 0 fully saturated rings. The van der Waals surface area contributed by atoms with Crippen molar-refractivity contribution in [3.63, 3.8) is 0 Å². The smallest absolute Gasteiger partial charge is 0.0669 e. The topological polar surface area (TPSA) is 35.8 Å². The summed E-state index contributed by atoms with van der Waals surface area (Å²) in [5.41, 5.74) is 2.38. The Morgan fingerprint density at radius 1 is 1.10 bits per heavy atom. The molecule has 0 spiro atoms. The zero-order chi connectivity index (χ0) is 14.6. The normalized spacial score (nSPS) is 11.1. The maximum atomic E-state index is 8.64. The Bertz CT molecular complexity index is 597. The second kappa shape index (κ2) is 6.11. The third-order valence-electron chi connectivity index (χ3n) is 3.10. The predicted octanol–water partition coefficient (Wildman–Crippen LogP) is 4.72. The summed E-state index contributed by atoms with van der Waals surface area (Å²) in [6.07, 6.45) is 0.472. The molecule has 0 atom stereocenters. The van der Waals surface area contributed by atoms with Crippen LogP contribution in [0.4, 0.5) is 5.69 Å². The number of nitrogens with one attached hydrogen (secondary N) is 1. The maximum Gasteiger partial charge on any atom is 0.0669 e. The number of nitrogens with zero attached hydrogens (tertiary/aromatic N) is 1. The highest BCUT2D eigenvalue weighted by atomic mass is 32.1. The van der Waals surface area contributed by atoms with Crippen LogP contribution in [0.1, 0.15) is 36.1 Å². The molecule has 20 heavy (non-hydrogen) atoms. The lowest BCUT2D eigenvalue weighted by molar-refractivity contribution is 0.604. The van der Waals surface area contributed by atoms with Gasteiger partial charge in [-0.25, -0.2) is 0 Å². The van der Waals surface area contributed by atoms with Crippen LogP contribution in [0.2, 0.25) is 0 Å². The van der Waals surface area contributed by atoms with Crippen molar-refractivity contribution in [2.75, 3.05) is 5.32 Å². The van der Waals surface area contributed by atoms with Crippen molar-refractivity contribution in [1.29, 1.82) is 5.26 Å². The first kappa shape index (κ1) is 14.6. The van der Waals surface area contributed by atoms with Gasteiger partial charge in [-0.05, 0) is 35.2 Å². The van der Waals surface area contributed by atoms with Crippen molar-refractivity contribution in [1.82, 2.24) is 0 Å². The third-order valence-corrected chi connectivity index (χ3v) is 4.62. The Balaban J connectivity index is 1.95. The van der Waals surface area contributed by atoms with Crippen molar-refractivity contribution in [2.24, 2.45) is 0 Å². The van der Waals surface area contributed by atoms with E-state index in [9.17, 15) is 0 Å². The van der Waals surface area contributed by atoms with Gasteiger partial charge in [-0.1, -0.05) is 32.9 Å². The zero-order valence-corrected chi connectivity index (χ0v) is 13.1. The van der Waals surface area contributed by atoms with Crippen molar-refractivity contribution in [3.8, 4) is 6.07 Å². The van der Waals surface area contributed by atoms with E-state index in [1.54, 1.807) is 0 Å². The van der Waals surface area contributed by atoms with Gasteiger partial charge in [-0.3, -0.25) is 0 Å². The second-order valence-electron chi connectivity index (χ2n) is 5.90.